The maximum atomic E-state index is 13.6. The molecule has 15 heavy (non-hydrogen) atoms. The Morgan fingerprint density at radius 1 is 1.20 bits per heavy atom. The van der Waals surface area contributed by atoms with E-state index in [2.05, 4.69) is 0 Å². The Balaban J connectivity index is 3.07. The van der Waals surface area contributed by atoms with Gasteiger partial charge in [-0.1, -0.05) is 6.07 Å². The Kier molecular flexibility index (Phi) is 4.52. The number of rotatable bonds is 5. The molecule has 0 saturated carbocycles. The lowest BCUT2D eigenvalue weighted by molar-refractivity contribution is 0.381. The number of hydrogen-bond acceptors (Lipinski definition) is 3. The summed E-state index contributed by atoms with van der Waals surface area (Å²) in [6.07, 6.45) is 1.27. The van der Waals surface area contributed by atoms with Gasteiger partial charge in [0.2, 0.25) is 0 Å². The normalized spacial score (nSPS) is 10.4. The molecule has 3 nitrogen and oxygen atoms in total. The van der Waals surface area contributed by atoms with E-state index in [1.807, 2.05) is 6.07 Å². The first kappa shape index (κ1) is 11.9. The zero-order valence-electron chi connectivity index (χ0n) is 8.92. The molecule has 0 heterocycles. The van der Waals surface area contributed by atoms with Crippen molar-refractivity contribution in [2.75, 3.05) is 20.2 Å². The van der Waals surface area contributed by atoms with E-state index in [9.17, 15) is 4.39 Å². The van der Waals surface area contributed by atoms with Crippen LogP contribution in [-0.2, 0) is 12.8 Å². The zero-order valence-corrected chi connectivity index (χ0v) is 8.92. The monoisotopic (exact) mass is 212 g/mol. The van der Waals surface area contributed by atoms with E-state index in [-0.39, 0.29) is 5.82 Å². The van der Waals surface area contributed by atoms with Crippen LogP contribution in [0.2, 0.25) is 0 Å². The van der Waals surface area contributed by atoms with Crippen molar-refractivity contribution >= 4 is 0 Å². The van der Waals surface area contributed by atoms with E-state index in [1.54, 1.807) is 0 Å². The van der Waals surface area contributed by atoms with Crippen molar-refractivity contribution < 1.29 is 9.13 Å². The quantitative estimate of drug-likeness (QED) is 0.760. The molecule has 1 aromatic carbocycles. The summed E-state index contributed by atoms with van der Waals surface area (Å²) >= 11 is 0. The Hall–Kier alpha value is -1.13. The van der Waals surface area contributed by atoms with Gasteiger partial charge in [-0.05, 0) is 43.1 Å². The summed E-state index contributed by atoms with van der Waals surface area (Å²) in [6.45, 7) is 0.982. The van der Waals surface area contributed by atoms with Gasteiger partial charge in [-0.3, -0.25) is 0 Å². The predicted octanol–water partition coefficient (Wildman–Crippen LogP) is 0.837. The van der Waals surface area contributed by atoms with Crippen LogP contribution in [0.3, 0.4) is 0 Å². The van der Waals surface area contributed by atoms with Gasteiger partial charge in [0.05, 0.1) is 7.11 Å². The standard InChI is InChI=1S/C11H17FN2O/c1-15-11-9(3-5-14)6-8(2-4-13)7-10(11)12/h6-7H,2-5,13-14H2,1H3. The van der Waals surface area contributed by atoms with Crippen LogP contribution in [0.1, 0.15) is 11.1 Å². The third-order valence-corrected chi connectivity index (χ3v) is 2.23. The summed E-state index contributed by atoms with van der Waals surface area (Å²) in [5.41, 5.74) is 12.6. The summed E-state index contributed by atoms with van der Waals surface area (Å²) in [5.74, 6) is -0.0480. The molecule has 4 N–H and O–H groups in total. The van der Waals surface area contributed by atoms with Crippen molar-refractivity contribution in [3.8, 4) is 5.75 Å². The number of halogens is 1. The first-order valence-corrected chi connectivity index (χ1v) is 4.98. The van der Waals surface area contributed by atoms with Crippen LogP contribution < -0.4 is 16.2 Å². The first-order valence-electron chi connectivity index (χ1n) is 4.98. The van der Waals surface area contributed by atoms with Gasteiger partial charge in [0.25, 0.3) is 0 Å². The predicted molar refractivity (Wildman–Crippen MR) is 58.5 cm³/mol. The van der Waals surface area contributed by atoms with Gasteiger partial charge in [0.15, 0.2) is 11.6 Å². The Labute approximate surface area is 89.2 Å². The SMILES string of the molecule is COc1c(F)cc(CCN)cc1CCN. The van der Waals surface area contributed by atoms with E-state index in [1.165, 1.54) is 13.2 Å². The van der Waals surface area contributed by atoms with Gasteiger partial charge >= 0.3 is 0 Å². The lowest BCUT2D eigenvalue weighted by atomic mass is 10.0. The van der Waals surface area contributed by atoms with Crippen molar-refractivity contribution in [2.45, 2.75) is 12.8 Å². The Morgan fingerprint density at radius 2 is 1.87 bits per heavy atom. The Bertz CT molecular complexity index is 329. The van der Waals surface area contributed by atoms with E-state index < -0.39 is 0 Å². The Morgan fingerprint density at radius 3 is 2.40 bits per heavy atom. The van der Waals surface area contributed by atoms with Crippen LogP contribution in [0, 0.1) is 5.82 Å². The van der Waals surface area contributed by atoms with Crippen molar-refractivity contribution in [3.63, 3.8) is 0 Å². The highest BCUT2D eigenvalue weighted by atomic mass is 19.1. The molecule has 0 aliphatic rings. The molecule has 0 aliphatic carbocycles. The molecule has 0 radical (unpaired) electrons. The molecule has 0 atom stereocenters. The highest BCUT2D eigenvalue weighted by molar-refractivity contribution is 5.39. The number of hydrogen-bond donors (Lipinski definition) is 2. The lowest BCUT2D eigenvalue weighted by Crippen LogP contribution is -2.08. The first-order chi connectivity index (χ1) is 7.22. The summed E-state index contributed by atoms with van der Waals surface area (Å²) in [4.78, 5) is 0. The van der Waals surface area contributed by atoms with E-state index >= 15 is 0 Å². The van der Waals surface area contributed by atoms with Gasteiger partial charge < -0.3 is 16.2 Å². The van der Waals surface area contributed by atoms with Gasteiger partial charge in [0.1, 0.15) is 0 Å². The zero-order chi connectivity index (χ0) is 11.3. The topological polar surface area (TPSA) is 61.3 Å². The molecule has 0 saturated heterocycles. The molecule has 0 fully saturated rings. The molecule has 0 unspecified atom stereocenters. The molecular weight excluding hydrogens is 195 g/mol. The van der Waals surface area contributed by atoms with E-state index in [0.717, 1.165) is 11.1 Å². The van der Waals surface area contributed by atoms with Crippen LogP contribution in [0.25, 0.3) is 0 Å². The van der Waals surface area contributed by atoms with Crippen molar-refractivity contribution in [1.29, 1.82) is 0 Å². The second kappa shape index (κ2) is 5.68. The van der Waals surface area contributed by atoms with Crippen LogP contribution in [-0.4, -0.2) is 20.2 Å². The van der Waals surface area contributed by atoms with Crippen LogP contribution in [0.5, 0.6) is 5.75 Å². The van der Waals surface area contributed by atoms with Crippen molar-refractivity contribution in [2.24, 2.45) is 11.5 Å². The molecule has 0 aliphatic heterocycles. The maximum absolute atomic E-state index is 13.6. The van der Waals surface area contributed by atoms with E-state index in [4.69, 9.17) is 16.2 Å². The molecule has 0 spiro atoms. The van der Waals surface area contributed by atoms with Gasteiger partial charge in [0, 0.05) is 0 Å². The molecule has 0 amide bonds. The average molecular weight is 212 g/mol. The minimum Gasteiger partial charge on any atom is -0.493 e. The lowest BCUT2D eigenvalue weighted by Gasteiger charge is -2.11. The highest BCUT2D eigenvalue weighted by Crippen LogP contribution is 2.24. The number of nitrogens with two attached hydrogens (primary N) is 2. The van der Waals surface area contributed by atoms with E-state index in [0.29, 0.717) is 31.7 Å². The minimum atomic E-state index is -0.341. The number of benzene rings is 1. The van der Waals surface area contributed by atoms with Gasteiger partial charge in [-0.2, -0.15) is 0 Å². The second-order valence-electron chi connectivity index (χ2n) is 3.35. The summed E-state index contributed by atoms with van der Waals surface area (Å²) in [5, 5.41) is 0. The molecule has 0 aromatic heterocycles. The maximum Gasteiger partial charge on any atom is 0.165 e. The largest absolute Gasteiger partial charge is 0.493 e. The second-order valence-corrected chi connectivity index (χ2v) is 3.35. The highest BCUT2D eigenvalue weighted by Gasteiger charge is 2.10. The number of ether oxygens (including phenoxy) is 1. The smallest absolute Gasteiger partial charge is 0.165 e. The fourth-order valence-corrected chi connectivity index (χ4v) is 1.59. The van der Waals surface area contributed by atoms with Crippen LogP contribution in [0.15, 0.2) is 12.1 Å². The molecule has 1 rings (SSSR count). The number of methoxy groups -OCH3 is 1. The fourth-order valence-electron chi connectivity index (χ4n) is 1.59. The third-order valence-electron chi connectivity index (χ3n) is 2.23. The van der Waals surface area contributed by atoms with Crippen LogP contribution in [0.4, 0.5) is 4.39 Å². The molecular formula is C11H17FN2O. The van der Waals surface area contributed by atoms with Crippen LogP contribution >= 0.6 is 0 Å². The summed E-state index contributed by atoms with van der Waals surface area (Å²) in [7, 11) is 1.46. The average Bonchev–Trinajstić information content (AvgIpc) is 2.18. The van der Waals surface area contributed by atoms with Crippen molar-refractivity contribution in [3.05, 3.63) is 29.1 Å². The summed E-state index contributed by atoms with van der Waals surface area (Å²) in [6, 6.07) is 3.37. The molecule has 0 bridgehead atoms. The van der Waals surface area contributed by atoms with Gasteiger partial charge in [-0.25, -0.2) is 4.39 Å². The van der Waals surface area contributed by atoms with Crippen molar-refractivity contribution in [1.82, 2.24) is 0 Å². The minimum absolute atomic E-state index is 0.293. The molecule has 1 aromatic rings. The fraction of sp³-hybridized carbons (Fsp3) is 0.455. The van der Waals surface area contributed by atoms with Gasteiger partial charge in [-0.15, -0.1) is 0 Å². The third kappa shape index (κ3) is 2.91. The molecule has 84 valence electrons. The summed E-state index contributed by atoms with van der Waals surface area (Å²) < 4.78 is 18.6. The molecule has 4 heteroatoms.